The first-order valence-corrected chi connectivity index (χ1v) is 5.25. The predicted octanol–water partition coefficient (Wildman–Crippen LogP) is 2.27. The minimum absolute atomic E-state index is 0.522. The molecule has 2 N–H and O–H groups in total. The largest absolute Gasteiger partial charge is 0.325 e. The predicted molar refractivity (Wildman–Crippen MR) is 63.7 cm³/mol. The fourth-order valence-corrected chi connectivity index (χ4v) is 1.07. The summed E-state index contributed by atoms with van der Waals surface area (Å²) >= 11 is 5.50. The van der Waals surface area contributed by atoms with Crippen LogP contribution in [0.3, 0.4) is 0 Å². The van der Waals surface area contributed by atoms with E-state index in [2.05, 4.69) is 10.6 Å². The van der Waals surface area contributed by atoms with Gasteiger partial charge in [0.05, 0.1) is 0 Å². The van der Waals surface area contributed by atoms with Crippen LogP contribution < -0.4 is 10.6 Å². The van der Waals surface area contributed by atoms with E-state index >= 15 is 0 Å². The summed E-state index contributed by atoms with van der Waals surface area (Å²) in [6.07, 6.45) is 0. The molecule has 4 nitrogen and oxygen atoms in total. The molecule has 1 unspecified atom stereocenters. The molecule has 0 spiro atoms. The number of anilines is 1. The maximum Gasteiger partial charge on any atom is 0.325 e. The molecule has 1 aromatic carbocycles. The maximum absolute atomic E-state index is 11.3. The van der Waals surface area contributed by atoms with Crippen molar-refractivity contribution in [2.24, 2.45) is 0 Å². The maximum atomic E-state index is 11.3. The molecule has 0 radical (unpaired) electrons. The summed E-state index contributed by atoms with van der Waals surface area (Å²) in [6, 6.07) is 6.65. The quantitative estimate of drug-likeness (QED) is 0.779. The molecule has 5 heteroatoms. The van der Waals surface area contributed by atoms with Crippen molar-refractivity contribution in [1.29, 1.82) is 0 Å². The van der Waals surface area contributed by atoms with E-state index in [9.17, 15) is 9.59 Å². The minimum atomic E-state index is -0.733. The normalized spacial score (nSPS) is 11.7. The summed E-state index contributed by atoms with van der Waals surface area (Å²) in [5, 5.41) is 3.91. The topological polar surface area (TPSA) is 58.2 Å². The van der Waals surface area contributed by atoms with Crippen molar-refractivity contribution in [2.45, 2.75) is 19.2 Å². The smallest absolute Gasteiger partial charge is 0.308 e. The van der Waals surface area contributed by atoms with Crippen molar-refractivity contribution in [1.82, 2.24) is 5.32 Å². The number of amides is 3. The fourth-order valence-electron chi connectivity index (χ4n) is 1.01. The molecule has 3 amide bonds. The Morgan fingerprint density at radius 3 is 2.31 bits per heavy atom. The van der Waals surface area contributed by atoms with Crippen LogP contribution in [0.4, 0.5) is 10.5 Å². The first-order chi connectivity index (χ1) is 7.49. The van der Waals surface area contributed by atoms with Gasteiger partial charge in [0.1, 0.15) is 5.38 Å². The monoisotopic (exact) mass is 240 g/mol. The second-order valence-corrected chi connectivity index (χ2v) is 4.08. The molecule has 0 aliphatic rings. The molecule has 0 aliphatic carbocycles. The Kier molecular flexibility index (Phi) is 4.31. The van der Waals surface area contributed by atoms with Crippen molar-refractivity contribution in [3.8, 4) is 0 Å². The van der Waals surface area contributed by atoms with Gasteiger partial charge in [0, 0.05) is 5.69 Å². The summed E-state index contributed by atoms with van der Waals surface area (Å²) in [7, 11) is 0. The number of hydrogen-bond donors (Lipinski definition) is 2. The second kappa shape index (κ2) is 5.51. The molecule has 0 aliphatic heterocycles. The highest BCUT2D eigenvalue weighted by Crippen LogP contribution is 2.08. The Labute approximate surface area is 99.0 Å². The van der Waals surface area contributed by atoms with Crippen molar-refractivity contribution in [2.75, 3.05) is 5.32 Å². The second-order valence-electron chi connectivity index (χ2n) is 3.43. The lowest BCUT2D eigenvalue weighted by Crippen LogP contribution is -2.38. The summed E-state index contributed by atoms with van der Waals surface area (Å²) < 4.78 is 0. The average molecular weight is 241 g/mol. The first kappa shape index (κ1) is 12.5. The zero-order valence-electron chi connectivity index (χ0n) is 9.08. The number of aryl methyl sites for hydroxylation is 1. The van der Waals surface area contributed by atoms with Gasteiger partial charge in [-0.25, -0.2) is 4.79 Å². The van der Waals surface area contributed by atoms with Crippen LogP contribution in [0.15, 0.2) is 24.3 Å². The number of halogens is 1. The van der Waals surface area contributed by atoms with Crippen LogP contribution in [0.5, 0.6) is 0 Å². The van der Waals surface area contributed by atoms with Gasteiger partial charge in [-0.05, 0) is 26.0 Å². The molecule has 0 saturated heterocycles. The van der Waals surface area contributed by atoms with E-state index in [-0.39, 0.29) is 0 Å². The third-order valence-corrected chi connectivity index (χ3v) is 2.11. The van der Waals surface area contributed by atoms with Gasteiger partial charge in [0.25, 0.3) is 0 Å². The number of hydrogen-bond acceptors (Lipinski definition) is 2. The van der Waals surface area contributed by atoms with E-state index in [1.54, 1.807) is 12.1 Å². The third-order valence-electron chi connectivity index (χ3n) is 1.91. The van der Waals surface area contributed by atoms with Crippen molar-refractivity contribution >= 4 is 29.2 Å². The van der Waals surface area contributed by atoms with Crippen molar-refractivity contribution in [3.05, 3.63) is 29.8 Å². The fraction of sp³-hybridized carbons (Fsp3) is 0.273. The van der Waals surface area contributed by atoms with Crippen LogP contribution in [0.1, 0.15) is 12.5 Å². The van der Waals surface area contributed by atoms with E-state index in [1.165, 1.54) is 6.92 Å². The van der Waals surface area contributed by atoms with E-state index in [4.69, 9.17) is 11.6 Å². The van der Waals surface area contributed by atoms with Crippen LogP contribution in [-0.2, 0) is 4.79 Å². The lowest BCUT2D eigenvalue weighted by Gasteiger charge is -2.07. The first-order valence-electron chi connectivity index (χ1n) is 4.81. The summed E-state index contributed by atoms with van der Waals surface area (Å²) in [6.45, 7) is 3.44. The molecule has 1 atom stereocenters. The Hall–Kier alpha value is -1.55. The Morgan fingerprint density at radius 1 is 1.25 bits per heavy atom. The molecule has 0 saturated carbocycles. The lowest BCUT2D eigenvalue weighted by molar-refractivity contribution is -0.119. The highest BCUT2D eigenvalue weighted by atomic mass is 35.5. The Balaban J connectivity index is 2.52. The summed E-state index contributed by atoms with van der Waals surface area (Å²) in [5.74, 6) is -0.522. The van der Waals surface area contributed by atoms with Gasteiger partial charge in [-0.2, -0.15) is 0 Å². The van der Waals surface area contributed by atoms with Crippen molar-refractivity contribution in [3.63, 3.8) is 0 Å². The molecule has 0 bridgehead atoms. The van der Waals surface area contributed by atoms with Gasteiger partial charge < -0.3 is 5.32 Å². The molecule has 0 heterocycles. The van der Waals surface area contributed by atoms with Gasteiger partial charge in [-0.15, -0.1) is 11.6 Å². The van der Waals surface area contributed by atoms with Gasteiger partial charge in [0.2, 0.25) is 5.91 Å². The van der Waals surface area contributed by atoms with E-state index in [0.717, 1.165) is 5.56 Å². The molecule has 0 fully saturated rings. The molecule has 86 valence electrons. The van der Waals surface area contributed by atoms with Gasteiger partial charge in [-0.3, -0.25) is 10.1 Å². The molecule has 1 rings (SSSR count). The lowest BCUT2D eigenvalue weighted by atomic mass is 10.2. The molecular weight excluding hydrogens is 228 g/mol. The van der Waals surface area contributed by atoms with Crippen LogP contribution in [-0.4, -0.2) is 17.3 Å². The summed E-state index contributed by atoms with van der Waals surface area (Å²) in [4.78, 5) is 22.4. The van der Waals surface area contributed by atoms with Gasteiger partial charge in [-0.1, -0.05) is 17.7 Å². The highest BCUT2D eigenvalue weighted by Gasteiger charge is 2.12. The van der Waals surface area contributed by atoms with E-state index in [1.807, 2.05) is 19.1 Å². The molecule has 1 aromatic rings. The van der Waals surface area contributed by atoms with Gasteiger partial charge >= 0.3 is 6.03 Å². The average Bonchev–Trinajstić information content (AvgIpc) is 2.21. The van der Waals surface area contributed by atoms with E-state index < -0.39 is 17.3 Å². The number of urea groups is 1. The van der Waals surface area contributed by atoms with Crippen molar-refractivity contribution < 1.29 is 9.59 Å². The van der Waals surface area contributed by atoms with Gasteiger partial charge in [0.15, 0.2) is 0 Å². The number of benzene rings is 1. The van der Waals surface area contributed by atoms with Crippen LogP contribution >= 0.6 is 11.6 Å². The van der Waals surface area contributed by atoms with E-state index in [0.29, 0.717) is 5.69 Å². The zero-order valence-corrected chi connectivity index (χ0v) is 9.84. The zero-order chi connectivity index (χ0) is 12.1. The number of nitrogens with one attached hydrogen (secondary N) is 2. The SMILES string of the molecule is Cc1ccc(NC(=O)NC(=O)C(C)Cl)cc1. The Bertz CT molecular complexity index is 387. The number of alkyl halides is 1. The van der Waals surface area contributed by atoms with Crippen LogP contribution in [0, 0.1) is 6.92 Å². The molecular formula is C11H13ClN2O2. The number of carbonyl (C=O) groups excluding carboxylic acids is 2. The summed E-state index contributed by atoms with van der Waals surface area (Å²) in [5.41, 5.74) is 1.72. The minimum Gasteiger partial charge on any atom is -0.308 e. The third kappa shape index (κ3) is 3.90. The number of rotatable bonds is 2. The van der Waals surface area contributed by atoms with Crippen LogP contribution in [0.2, 0.25) is 0 Å². The van der Waals surface area contributed by atoms with Crippen LogP contribution in [0.25, 0.3) is 0 Å². The molecule has 0 aromatic heterocycles. The highest BCUT2D eigenvalue weighted by molar-refractivity contribution is 6.31. The number of carbonyl (C=O) groups is 2. The molecule has 16 heavy (non-hydrogen) atoms. The standard InChI is InChI=1S/C11H13ClN2O2/c1-7-3-5-9(6-4-7)13-11(16)14-10(15)8(2)12/h3-6,8H,1-2H3,(H2,13,14,15,16). The number of imide groups is 1. The Morgan fingerprint density at radius 2 is 1.81 bits per heavy atom.